The standard InChI is InChI=1S/C16H24N2O2S/c1-12-7-8-18(11-12)21(19,20)16-9-14(4-3-13(16)2)10-17-15-5-6-15/h3-4,9,12,15,17H,5-8,10-11H2,1-2H3. The van der Waals surface area contributed by atoms with Crippen LogP contribution in [0.2, 0.25) is 0 Å². The van der Waals surface area contributed by atoms with Gasteiger partial charge in [-0.15, -0.1) is 0 Å². The zero-order chi connectivity index (χ0) is 15.0. The summed E-state index contributed by atoms with van der Waals surface area (Å²) < 4.78 is 27.3. The molecule has 1 aromatic rings. The average molecular weight is 308 g/mol. The van der Waals surface area contributed by atoms with E-state index >= 15 is 0 Å². The smallest absolute Gasteiger partial charge is 0.243 e. The third-order valence-corrected chi connectivity index (χ3v) is 6.44. The van der Waals surface area contributed by atoms with Gasteiger partial charge in [0.25, 0.3) is 0 Å². The molecule has 1 aliphatic heterocycles. The van der Waals surface area contributed by atoms with E-state index in [-0.39, 0.29) is 0 Å². The van der Waals surface area contributed by atoms with Crippen LogP contribution in [-0.4, -0.2) is 31.9 Å². The van der Waals surface area contributed by atoms with Crippen molar-refractivity contribution in [1.29, 1.82) is 0 Å². The zero-order valence-electron chi connectivity index (χ0n) is 12.8. The van der Waals surface area contributed by atoms with E-state index in [1.807, 2.05) is 25.1 Å². The summed E-state index contributed by atoms with van der Waals surface area (Å²) in [5.74, 6) is 0.458. The second-order valence-corrected chi connectivity index (χ2v) is 8.42. The highest BCUT2D eigenvalue weighted by Crippen LogP contribution is 2.27. The minimum Gasteiger partial charge on any atom is -0.310 e. The summed E-state index contributed by atoms with van der Waals surface area (Å²) in [7, 11) is -3.34. The molecule has 0 radical (unpaired) electrons. The lowest BCUT2D eigenvalue weighted by molar-refractivity contribution is 0.464. The van der Waals surface area contributed by atoms with Crippen molar-refractivity contribution in [3.05, 3.63) is 29.3 Å². The molecule has 0 amide bonds. The predicted molar refractivity (Wildman–Crippen MR) is 83.6 cm³/mol. The zero-order valence-corrected chi connectivity index (χ0v) is 13.6. The van der Waals surface area contributed by atoms with Crippen molar-refractivity contribution >= 4 is 10.0 Å². The van der Waals surface area contributed by atoms with Gasteiger partial charge in [0.05, 0.1) is 4.90 Å². The van der Waals surface area contributed by atoms with E-state index in [1.54, 1.807) is 4.31 Å². The second-order valence-electron chi connectivity index (χ2n) is 6.51. The van der Waals surface area contributed by atoms with Crippen LogP contribution in [0.5, 0.6) is 0 Å². The number of benzene rings is 1. The third-order valence-electron chi connectivity index (χ3n) is 4.43. The van der Waals surface area contributed by atoms with E-state index in [0.717, 1.165) is 24.1 Å². The normalized spacial score (nSPS) is 23.6. The van der Waals surface area contributed by atoms with Gasteiger partial charge in [-0.2, -0.15) is 4.31 Å². The Morgan fingerprint density at radius 1 is 1.29 bits per heavy atom. The minimum atomic E-state index is -3.34. The number of nitrogens with one attached hydrogen (secondary N) is 1. The molecule has 1 saturated carbocycles. The van der Waals surface area contributed by atoms with Gasteiger partial charge in [0.15, 0.2) is 0 Å². The molecule has 1 unspecified atom stereocenters. The van der Waals surface area contributed by atoms with Crippen molar-refractivity contribution in [3.8, 4) is 0 Å². The van der Waals surface area contributed by atoms with Crippen LogP contribution < -0.4 is 5.32 Å². The van der Waals surface area contributed by atoms with E-state index in [2.05, 4.69) is 12.2 Å². The lowest BCUT2D eigenvalue weighted by Crippen LogP contribution is -2.29. The van der Waals surface area contributed by atoms with Crippen molar-refractivity contribution in [1.82, 2.24) is 9.62 Å². The topological polar surface area (TPSA) is 49.4 Å². The van der Waals surface area contributed by atoms with Crippen molar-refractivity contribution in [2.45, 2.75) is 50.6 Å². The molecule has 0 aromatic heterocycles. The van der Waals surface area contributed by atoms with Gasteiger partial charge < -0.3 is 5.32 Å². The van der Waals surface area contributed by atoms with Crippen LogP contribution in [0.1, 0.15) is 37.3 Å². The lowest BCUT2D eigenvalue weighted by atomic mass is 10.1. The van der Waals surface area contributed by atoms with Gasteiger partial charge in [-0.05, 0) is 49.3 Å². The van der Waals surface area contributed by atoms with E-state index in [1.165, 1.54) is 12.8 Å². The first kappa shape index (κ1) is 15.0. The number of aryl methyl sites for hydroxylation is 1. The molecule has 5 heteroatoms. The van der Waals surface area contributed by atoms with Crippen molar-refractivity contribution in [2.75, 3.05) is 13.1 Å². The largest absolute Gasteiger partial charge is 0.310 e. The maximum absolute atomic E-state index is 12.8. The van der Waals surface area contributed by atoms with Crippen LogP contribution in [-0.2, 0) is 16.6 Å². The molecule has 4 nitrogen and oxygen atoms in total. The Balaban J connectivity index is 1.83. The Bertz CT molecular complexity index is 623. The lowest BCUT2D eigenvalue weighted by Gasteiger charge is -2.18. The summed E-state index contributed by atoms with van der Waals surface area (Å²) in [6.45, 7) is 6.03. The Labute approximate surface area is 127 Å². The van der Waals surface area contributed by atoms with E-state index in [4.69, 9.17) is 0 Å². The Hall–Kier alpha value is -0.910. The van der Waals surface area contributed by atoms with Gasteiger partial charge in [-0.3, -0.25) is 0 Å². The summed E-state index contributed by atoms with van der Waals surface area (Å²) in [4.78, 5) is 0.478. The third kappa shape index (κ3) is 3.30. The van der Waals surface area contributed by atoms with Gasteiger partial charge in [0.1, 0.15) is 0 Å². The molecule has 1 saturated heterocycles. The molecular formula is C16H24N2O2S. The molecule has 116 valence electrons. The van der Waals surface area contributed by atoms with Gasteiger partial charge in [0, 0.05) is 25.7 Å². The highest BCUT2D eigenvalue weighted by Gasteiger charge is 2.31. The first-order chi connectivity index (χ1) is 9.96. The maximum Gasteiger partial charge on any atom is 0.243 e. The van der Waals surface area contributed by atoms with Crippen molar-refractivity contribution < 1.29 is 8.42 Å². The summed E-state index contributed by atoms with van der Waals surface area (Å²) in [6.07, 6.45) is 3.44. The monoisotopic (exact) mass is 308 g/mol. The van der Waals surface area contributed by atoms with Crippen LogP contribution in [0.15, 0.2) is 23.1 Å². The quantitative estimate of drug-likeness (QED) is 0.908. The fraction of sp³-hybridized carbons (Fsp3) is 0.625. The maximum atomic E-state index is 12.8. The molecule has 21 heavy (non-hydrogen) atoms. The fourth-order valence-electron chi connectivity index (χ4n) is 2.83. The number of rotatable bonds is 5. The number of hydrogen-bond donors (Lipinski definition) is 1. The molecule has 1 aromatic carbocycles. The van der Waals surface area contributed by atoms with Crippen LogP contribution in [0, 0.1) is 12.8 Å². The molecule has 3 rings (SSSR count). The molecule has 2 aliphatic rings. The molecule has 0 spiro atoms. The fourth-order valence-corrected chi connectivity index (χ4v) is 4.68. The van der Waals surface area contributed by atoms with Gasteiger partial charge in [-0.1, -0.05) is 19.1 Å². The van der Waals surface area contributed by atoms with Gasteiger partial charge in [0.2, 0.25) is 10.0 Å². The highest BCUT2D eigenvalue weighted by atomic mass is 32.2. The van der Waals surface area contributed by atoms with Crippen LogP contribution in [0.3, 0.4) is 0 Å². The van der Waals surface area contributed by atoms with Crippen molar-refractivity contribution in [2.24, 2.45) is 5.92 Å². The molecule has 2 fully saturated rings. The second kappa shape index (κ2) is 5.71. The average Bonchev–Trinajstić information content (AvgIpc) is 3.17. The first-order valence-corrected chi connectivity index (χ1v) is 9.24. The predicted octanol–water partition coefficient (Wildman–Crippen LogP) is 2.28. The van der Waals surface area contributed by atoms with Gasteiger partial charge >= 0.3 is 0 Å². The minimum absolute atomic E-state index is 0.458. The molecule has 1 heterocycles. The summed E-state index contributed by atoms with van der Waals surface area (Å²) in [5, 5.41) is 3.44. The Morgan fingerprint density at radius 3 is 2.67 bits per heavy atom. The SMILES string of the molecule is Cc1ccc(CNC2CC2)cc1S(=O)(=O)N1CCC(C)C1. The van der Waals surface area contributed by atoms with E-state index in [0.29, 0.717) is 29.9 Å². The van der Waals surface area contributed by atoms with Crippen molar-refractivity contribution in [3.63, 3.8) is 0 Å². The molecule has 1 N–H and O–H groups in total. The van der Waals surface area contributed by atoms with Crippen LogP contribution in [0.4, 0.5) is 0 Å². The van der Waals surface area contributed by atoms with Crippen LogP contribution in [0.25, 0.3) is 0 Å². The van der Waals surface area contributed by atoms with E-state index in [9.17, 15) is 8.42 Å². The molecular weight excluding hydrogens is 284 g/mol. The van der Waals surface area contributed by atoms with Gasteiger partial charge in [-0.25, -0.2) is 8.42 Å². The molecule has 0 bridgehead atoms. The molecule has 1 aliphatic carbocycles. The van der Waals surface area contributed by atoms with E-state index < -0.39 is 10.0 Å². The number of nitrogens with zero attached hydrogens (tertiary/aromatic N) is 1. The summed E-state index contributed by atoms with van der Waals surface area (Å²) in [5.41, 5.74) is 1.89. The Morgan fingerprint density at radius 2 is 2.05 bits per heavy atom. The number of sulfonamides is 1. The Kier molecular flexibility index (Phi) is 4.08. The summed E-state index contributed by atoms with van der Waals surface area (Å²) >= 11 is 0. The highest BCUT2D eigenvalue weighted by molar-refractivity contribution is 7.89. The van der Waals surface area contributed by atoms with Crippen LogP contribution >= 0.6 is 0 Å². The number of hydrogen-bond acceptors (Lipinski definition) is 3. The summed E-state index contributed by atoms with van der Waals surface area (Å²) in [6, 6.07) is 6.43. The molecule has 1 atom stereocenters. The first-order valence-electron chi connectivity index (χ1n) is 7.80.